The Balaban J connectivity index is 1.82. The molecule has 0 spiro atoms. The van der Waals surface area contributed by atoms with Crippen LogP contribution in [0.4, 0.5) is 0 Å². The summed E-state index contributed by atoms with van der Waals surface area (Å²) in [4.78, 5) is 11.7. The van der Waals surface area contributed by atoms with E-state index in [2.05, 4.69) is 6.08 Å². The highest BCUT2D eigenvalue weighted by molar-refractivity contribution is 5.92. The van der Waals surface area contributed by atoms with Gasteiger partial charge in [-0.25, -0.2) is 4.79 Å². The van der Waals surface area contributed by atoms with Crippen molar-refractivity contribution in [1.82, 2.24) is 0 Å². The molecule has 0 bridgehead atoms. The van der Waals surface area contributed by atoms with Crippen molar-refractivity contribution in [1.29, 1.82) is 0 Å². The van der Waals surface area contributed by atoms with Crippen LogP contribution in [0.25, 0.3) is 5.57 Å². The van der Waals surface area contributed by atoms with Gasteiger partial charge in [0.05, 0.1) is 5.60 Å². The molecule has 0 amide bonds. The van der Waals surface area contributed by atoms with Crippen LogP contribution in [-0.4, -0.2) is 16.7 Å². The summed E-state index contributed by atoms with van der Waals surface area (Å²) in [6.45, 7) is 0. The van der Waals surface area contributed by atoms with Gasteiger partial charge in [0, 0.05) is 30.1 Å². The maximum atomic E-state index is 11.7. The molecule has 0 radical (unpaired) electrons. The number of hydrogen-bond donors (Lipinski definition) is 1. The quantitative estimate of drug-likeness (QED) is 0.670. The van der Waals surface area contributed by atoms with Gasteiger partial charge < -0.3 is 9.84 Å². The SMILES string of the molecule is O=C1C=C2CC(O)(C3=CCCC3)CC(c3ccccc3)=C2O1. The van der Waals surface area contributed by atoms with Crippen LogP contribution in [0.3, 0.4) is 0 Å². The Morgan fingerprint density at radius 2 is 1.95 bits per heavy atom. The van der Waals surface area contributed by atoms with E-state index in [0.29, 0.717) is 18.6 Å². The topological polar surface area (TPSA) is 46.5 Å². The lowest BCUT2D eigenvalue weighted by atomic mass is 9.74. The molecule has 2 aliphatic carbocycles. The van der Waals surface area contributed by atoms with Gasteiger partial charge >= 0.3 is 5.97 Å². The fourth-order valence-corrected chi connectivity index (χ4v) is 3.73. The molecule has 1 N–H and O–H groups in total. The van der Waals surface area contributed by atoms with Crippen molar-refractivity contribution in [3.8, 4) is 0 Å². The number of carbonyl (C=O) groups excluding carboxylic acids is 1. The van der Waals surface area contributed by atoms with Crippen molar-refractivity contribution in [2.75, 3.05) is 0 Å². The van der Waals surface area contributed by atoms with Gasteiger partial charge in [-0.1, -0.05) is 36.4 Å². The van der Waals surface area contributed by atoms with Crippen LogP contribution < -0.4 is 0 Å². The van der Waals surface area contributed by atoms with Crippen molar-refractivity contribution in [2.45, 2.75) is 37.7 Å². The first-order chi connectivity index (χ1) is 10.7. The maximum absolute atomic E-state index is 11.7. The van der Waals surface area contributed by atoms with E-state index in [9.17, 15) is 9.90 Å². The standard InChI is InChI=1S/C19H18O3/c20-17-10-14-11-19(21,15-8-4-5-9-15)12-16(18(14)22-17)13-6-2-1-3-7-13/h1-3,6-8,10,21H,4-5,9,11-12H2. The number of ether oxygens (including phenoxy) is 1. The Hall–Kier alpha value is -2.13. The van der Waals surface area contributed by atoms with Gasteiger partial charge in [0.1, 0.15) is 5.76 Å². The molecule has 0 fully saturated rings. The van der Waals surface area contributed by atoms with E-state index in [1.807, 2.05) is 30.3 Å². The average Bonchev–Trinajstić information content (AvgIpc) is 3.16. The maximum Gasteiger partial charge on any atom is 0.336 e. The number of hydrogen-bond acceptors (Lipinski definition) is 3. The highest BCUT2D eigenvalue weighted by Crippen LogP contribution is 2.48. The molecule has 3 nitrogen and oxygen atoms in total. The molecular weight excluding hydrogens is 276 g/mol. The van der Waals surface area contributed by atoms with Crippen LogP contribution in [0, 0.1) is 0 Å². The highest BCUT2D eigenvalue weighted by Gasteiger charge is 2.43. The minimum Gasteiger partial charge on any atom is -0.423 e. The van der Waals surface area contributed by atoms with Crippen molar-refractivity contribution >= 4 is 11.5 Å². The van der Waals surface area contributed by atoms with E-state index in [1.165, 1.54) is 6.08 Å². The monoisotopic (exact) mass is 294 g/mol. The lowest BCUT2D eigenvalue weighted by Gasteiger charge is -2.36. The van der Waals surface area contributed by atoms with Crippen LogP contribution in [0.2, 0.25) is 0 Å². The number of allylic oxidation sites excluding steroid dienone is 2. The molecule has 1 aromatic carbocycles. The zero-order valence-corrected chi connectivity index (χ0v) is 12.3. The van der Waals surface area contributed by atoms with Crippen LogP contribution in [-0.2, 0) is 9.53 Å². The summed E-state index contributed by atoms with van der Waals surface area (Å²) in [5, 5.41) is 11.2. The minimum absolute atomic E-state index is 0.330. The Bertz CT molecular complexity index is 724. The summed E-state index contributed by atoms with van der Waals surface area (Å²) in [6, 6.07) is 9.89. The Morgan fingerprint density at radius 3 is 2.68 bits per heavy atom. The summed E-state index contributed by atoms with van der Waals surface area (Å²) in [7, 11) is 0. The van der Waals surface area contributed by atoms with Crippen molar-refractivity contribution in [3.63, 3.8) is 0 Å². The molecule has 3 aliphatic rings. The lowest BCUT2D eigenvalue weighted by molar-refractivity contribution is -0.132. The van der Waals surface area contributed by atoms with E-state index >= 15 is 0 Å². The molecule has 1 atom stereocenters. The summed E-state index contributed by atoms with van der Waals surface area (Å²) < 4.78 is 5.41. The largest absolute Gasteiger partial charge is 0.423 e. The second-order valence-electron chi connectivity index (χ2n) is 6.27. The van der Waals surface area contributed by atoms with Gasteiger partial charge in [0.2, 0.25) is 0 Å². The van der Waals surface area contributed by atoms with Crippen molar-refractivity contribution < 1.29 is 14.6 Å². The first-order valence-electron chi connectivity index (χ1n) is 7.79. The number of fused-ring (bicyclic) bond motifs is 1. The number of aliphatic hydroxyl groups is 1. The highest BCUT2D eigenvalue weighted by atomic mass is 16.5. The number of esters is 1. The number of carbonyl (C=O) groups is 1. The second kappa shape index (κ2) is 4.96. The molecule has 22 heavy (non-hydrogen) atoms. The van der Waals surface area contributed by atoms with Crippen LogP contribution in [0.5, 0.6) is 0 Å². The van der Waals surface area contributed by atoms with E-state index in [1.54, 1.807) is 0 Å². The predicted octanol–water partition coefficient (Wildman–Crippen LogP) is 3.52. The molecular formula is C19H18O3. The van der Waals surface area contributed by atoms with E-state index < -0.39 is 5.60 Å². The minimum atomic E-state index is -0.884. The Morgan fingerprint density at radius 1 is 1.14 bits per heavy atom. The fraction of sp³-hybridized carbons (Fsp3) is 0.316. The lowest BCUT2D eigenvalue weighted by Crippen LogP contribution is -2.34. The summed E-state index contributed by atoms with van der Waals surface area (Å²) in [5.41, 5.74) is 2.99. The summed E-state index contributed by atoms with van der Waals surface area (Å²) >= 11 is 0. The van der Waals surface area contributed by atoms with Crippen molar-refractivity contribution in [3.05, 3.63) is 65.0 Å². The molecule has 4 rings (SSSR count). The van der Waals surface area contributed by atoms with Gasteiger partial charge in [-0.15, -0.1) is 0 Å². The molecule has 0 aromatic heterocycles. The van der Waals surface area contributed by atoms with E-state index in [-0.39, 0.29) is 5.97 Å². The fourth-order valence-electron chi connectivity index (χ4n) is 3.73. The third-order valence-corrected chi connectivity index (χ3v) is 4.77. The molecule has 1 aromatic rings. The average molecular weight is 294 g/mol. The van der Waals surface area contributed by atoms with Gasteiger partial charge in [-0.05, 0) is 30.4 Å². The normalized spacial score (nSPS) is 27.4. The first-order valence-corrected chi connectivity index (χ1v) is 7.79. The molecule has 1 aliphatic heterocycles. The Labute approximate surface area is 129 Å². The molecule has 0 saturated heterocycles. The Kier molecular flexibility index (Phi) is 3.05. The molecule has 3 heteroatoms. The smallest absolute Gasteiger partial charge is 0.336 e. The van der Waals surface area contributed by atoms with E-state index in [4.69, 9.17) is 4.74 Å². The summed E-state index contributed by atoms with van der Waals surface area (Å²) in [6.07, 6.45) is 7.73. The van der Waals surface area contributed by atoms with Crippen LogP contribution in [0.15, 0.2) is 59.4 Å². The van der Waals surface area contributed by atoms with Crippen LogP contribution >= 0.6 is 0 Å². The van der Waals surface area contributed by atoms with Crippen LogP contribution in [0.1, 0.15) is 37.7 Å². The molecule has 1 heterocycles. The predicted molar refractivity (Wildman–Crippen MR) is 83.7 cm³/mol. The second-order valence-corrected chi connectivity index (χ2v) is 6.27. The first kappa shape index (κ1) is 13.5. The third-order valence-electron chi connectivity index (χ3n) is 4.77. The molecule has 1 unspecified atom stereocenters. The van der Waals surface area contributed by atoms with Gasteiger partial charge in [-0.2, -0.15) is 0 Å². The van der Waals surface area contributed by atoms with Crippen molar-refractivity contribution in [2.24, 2.45) is 0 Å². The van der Waals surface area contributed by atoms with Gasteiger partial charge in [0.15, 0.2) is 0 Å². The van der Waals surface area contributed by atoms with Gasteiger partial charge in [-0.3, -0.25) is 0 Å². The van der Waals surface area contributed by atoms with E-state index in [0.717, 1.165) is 41.5 Å². The zero-order valence-electron chi connectivity index (χ0n) is 12.3. The summed E-state index contributed by atoms with van der Waals surface area (Å²) in [5.74, 6) is 0.322. The molecule has 0 saturated carbocycles. The third kappa shape index (κ3) is 2.13. The number of rotatable bonds is 2. The van der Waals surface area contributed by atoms with Gasteiger partial charge in [0.25, 0.3) is 0 Å². The zero-order chi connectivity index (χ0) is 15.2. The molecule has 112 valence electrons. The number of benzene rings is 1.